The minimum Gasteiger partial charge on any atom is -0.479 e. The largest absolute Gasteiger partial charge is 0.479 e. The second kappa shape index (κ2) is 4.86. The SMILES string of the molecule is NC(=O)[C@H](O)[C@@H](O)[C@@H](O)[C@H](O)C(=O)O. The van der Waals surface area contributed by atoms with E-state index in [-0.39, 0.29) is 0 Å². The first-order valence-electron chi connectivity index (χ1n) is 3.53. The average Bonchev–Trinajstić information content (AvgIpc) is 2.12. The summed E-state index contributed by atoms with van der Waals surface area (Å²) in [5.74, 6) is -3.14. The Bertz CT molecular complexity index is 206. The number of carbonyl (C=O) groups excluding carboxylic acids is 1. The lowest BCUT2D eigenvalue weighted by Crippen LogP contribution is -2.51. The van der Waals surface area contributed by atoms with Crippen molar-refractivity contribution in [2.24, 2.45) is 5.73 Å². The van der Waals surface area contributed by atoms with E-state index in [0.717, 1.165) is 0 Å². The fourth-order valence-corrected chi connectivity index (χ4v) is 0.688. The third-order valence-corrected chi connectivity index (χ3v) is 1.54. The molecule has 0 unspecified atom stereocenters. The predicted molar refractivity (Wildman–Crippen MR) is 40.9 cm³/mol. The molecule has 8 nitrogen and oxygen atoms in total. The molecular formula is C6H11NO7. The van der Waals surface area contributed by atoms with E-state index >= 15 is 0 Å². The second-order valence-corrected chi connectivity index (χ2v) is 2.61. The number of carbonyl (C=O) groups is 2. The van der Waals surface area contributed by atoms with Gasteiger partial charge in [-0.2, -0.15) is 0 Å². The van der Waals surface area contributed by atoms with Crippen LogP contribution in [0.2, 0.25) is 0 Å². The Hall–Kier alpha value is -1.22. The average molecular weight is 209 g/mol. The van der Waals surface area contributed by atoms with Gasteiger partial charge in [-0.3, -0.25) is 4.79 Å². The van der Waals surface area contributed by atoms with Crippen molar-refractivity contribution in [2.45, 2.75) is 24.4 Å². The molecule has 7 N–H and O–H groups in total. The Morgan fingerprint density at radius 2 is 1.29 bits per heavy atom. The summed E-state index contributed by atoms with van der Waals surface area (Å²) in [5, 5.41) is 43.6. The number of hydrogen-bond acceptors (Lipinski definition) is 6. The zero-order chi connectivity index (χ0) is 11.5. The number of aliphatic hydroxyl groups excluding tert-OH is 4. The second-order valence-electron chi connectivity index (χ2n) is 2.61. The molecule has 0 aromatic carbocycles. The van der Waals surface area contributed by atoms with Gasteiger partial charge in [-0.15, -0.1) is 0 Å². The van der Waals surface area contributed by atoms with Gasteiger partial charge < -0.3 is 31.3 Å². The highest BCUT2D eigenvalue weighted by Gasteiger charge is 2.36. The van der Waals surface area contributed by atoms with Gasteiger partial charge in [0, 0.05) is 0 Å². The van der Waals surface area contributed by atoms with Crippen LogP contribution < -0.4 is 5.73 Å². The summed E-state index contributed by atoms with van der Waals surface area (Å²) in [6.45, 7) is 0. The third kappa shape index (κ3) is 2.92. The number of aliphatic carboxylic acids is 1. The molecular weight excluding hydrogens is 198 g/mol. The number of aliphatic hydroxyl groups is 4. The number of nitrogens with two attached hydrogens (primary N) is 1. The highest BCUT2D eigenvalue weighted by molar-refractivity contribution is 5.79. The topological polar surface area (TPSA) is 161 Å². The monoisotopic (exact) mass is 209 g/mol. The Morgan fingerprint density at radius 3 is 1.57 bits per heavy atom. The number of amides is 1. The fourth-order valence-electron chi connectivity index (χ4n) is 0.688. The van der Waals surface area contributed by atoms with E-state index in [9.17, 15) is 9.59 Å². The molecule has 0 aromatic heterocycles. The normalized spacial score (nSPS) is 19.4. The first kappa shape index (κ1) is 12.8. The lowest BCUT2D eigenvalue weighted by atomic mass is 10.0. The van der Waals surface area contributed by atoms with Gasteiger partial charge in [0.05, 0.1) is 0 Å². The van der Waals surface area contributed by atoms with Crippen LogP contribution >= 0.6 is 0 Å². The lowest BCUT2D eigenvalue weighted by Gasteiger charge is -2.22. The van der Waals surface area contributed by atoms with Crippen LogP contribution in [-0.4, -0.2) is 61.8 Å². The molecule has 0 rings (SSSR count). The van der Waals surface area contributed by atoms with Gasteiger partial charge in [-0.25, -0.2) is 4.79 Å². The van der Waals surface area contributed by atoms with E-state index in [1.807, 2.05) is 0 Å². The summed E-state index contributed by atoms with van der Waals surface area (Å²) in [6.07, 6.45) is -8.80. The molecule has 1 amide bonds. The zero-order valence-corrected chi connectivity index (χ0v) is 6.94. The zero-order valence-electron chi connectivity index (χ0n) is 6.94. The molecule has 0 radical (unpaired) electrons. The van der Waals surface area contributed by atoms with Gasteiger partial charge >= 0.3 is 5.97 Å². The Balaban J connectivity index is 4.45. The van der Waals surface area contributed by atoms with Crippen molar-refractivity contribution < 1.29 is 35.1 Å². The minimum atomic E-state index is -2.31. The van der Waals surface area contributed by atoms with Gasteiger partial charge in [-0.1, -0.05) is 0 Å². The van der Waals surface area contributed by atoms with E-state index in [2.05, 4.69) is 5.73 Å². The third-order valence-electron chi connectivity index (χ3n) is 1.54. The highest BCUT2D eigenvalue weighted by atomic mass is 16.4. The van der Waals surface area contributed by atoms with Crippen LogP contribution in [0.3, 0.4) is 0 Å². The molecule has 82 valence electrons. The van der Waals surface area contributed by atoms with Crippen molar-refractivity contribution in [1.82, 2.24) is 0 Å². The molecule has 0 saturated heterocycles. The lowest BCUT2D eigenvalue weighted by molar-refractivity contribution is -0.165. The fraction of sp³-hybridized carbons (Fsp3) is 0.667. The van der Waals surface area contributed by atoms with E-state index in [1.165, 1.54) is 0 Å². The van der Waals surface area contributed by atoms with Crippen molar-refractivity contribution in [1.29, 1.82) is 0 Å². The summed E-state index contributed by atoms with van der Waals surface area (Å²) in [5.41, 5.74) is 4.56. The first-order chi connectivity index (χ1) is 6.29. The molecule has 14 heavy (non-hydrogen) atoms. The van der Waals surface area contributed by atoms with Crippen LogP contribution in [-0.2, 0) is 9.59 Å². The number of rotatable bonds is 5. The van der Waals surface area contributed by atoms with Gasteiger partial charge in [0.15, 0.2) is 12.2 Å². The summed E-state index contributed by atoms with van der Waals surface area (Å²) >= 11 is 0. The van der Waals surface area contributed by atoms with Crippen LogP contribution in [0.5, 0.6) is 0 Å². The van der Waals surface area contributed by atoms with Crippen LogP contribution in [0.4, 0.5) is 0 Å². The summed E-state index contributed by atoms with van der Waals surface area (Å²) in [7, 11) is 0. The highest BCUT2D eigenvalue weighted by Crippen LogP contribution is 2.05. The molecule has 0 aliphatic rings. The number of carboxylic acid groups (broad SMARTS) is 1. The van der Waals surface area contributed by atoms with Crippen LogP contribution in [0.25, 0.3) is 0 Å². The molecule has 0 aromatic rings. The van der Waals surface area contributed by atoms with Crippen molar-refractivity contribution in [3.8, 4) is 0 Å². The molecule has 0 aliphatic heterocycles. The number of hydrogen-bond donors (Lipinski definition) is 6. The Kier molecular flexibility index (Phi) is 4.44. The molecule has 0 fully saturated rings. The molecule has 0 saturated carbocycles. The van der Waals surface area contributed by atoms with Crippen molar-refractivity contribution >= 4 is 11.9 Å². The van der Waals surface area contributed by atoms with Gasteiger partial charge in [0.25, 0.3) is 0 Å². The van der Waals surface area contributed by atoms with E-state index in [0.29, 0.717) is 0 Å². The van der Waals surface area contributed by atoms with Gasteiger partial charge in [0.1, 0.15) is 12.2 Å². The molecule has 0 heterocycles. The first-order valence-corrected chi connectivity index (χ1v) is 3.53. The smallest absolute Gasteiger partial charge is 0.335 e. The maximum absolute atomic E-state index is 10.3. The van der Waals surface area contributed by atoms with Crippen molar-refractivity contribution in [2.75, 3.05) is 0 Å². The number of carboxylic acids is 1. The van der Waals surface area contributed by atoms with Crippen molar-refractivity contribution in [3.05, 3.63) is 0 Å². The maximum Gasteiger partial charge on any atom is 0.335 e. The molecule has 0 bridgehead atoms. The summed E-state index contributed by atoms with van der Waals surface area (Å²) in [6, 6.07) is 0. The van der Waals surface area contributed by atoms with E-state index < -0.39 is 36.3 Å². The maximum atomic E-state index is 10.3. The van der Waals surface area contributed by atoms with Crippen LogP contribution in [0.15, 0.2) is 0 Å². The van der Waals surface area contributed by atoms with Crippen LogP contribution in [0, 0.1) is 0 Å². The number of primary amides is 1. The Labute approximate surface area is 78.2 Å². The molecule has 4 atom stereocenters. The van der Waals surface area contributed by atoms with Gasteiger partial charge in [-0.05, 0) is 0 Å². The standard InChI is InChI=1S/C6H11NO7/c7-5(12)3(10)1(8)2(9)4(11)6(13)14/h1-4,8-11H,(H2,7,12)(H,13,14)/t1-,2+,3+,4-/m0/s1. The van der Waals surface area contributed by atoms with E-state index in [4.69, 9.17) is 25.5 Å². The van der Waals surface area contributed by atoms with Crippen LogP contribution in [0.1, 0.15) is 0 Å². The molecule has 0 aliphatic carbocycles. The Morgan fingerprint density at radius 1 is 0.929 bits per heavy atom. The predicted octanol–water partition coefficient (Wildman–Crippen LogP) is -4.00. The minimum absolute atomic E-state index is 1.34. The van der Waals surface area contributed by atoms with E-state index in [1.54, 1.807) is 0 Å². The summed E-state index contributed by atoms with van der Waals surface area (Å²) < 4.78 is 0. The molecule has 0 spiro atoms. The summed E-state index contributed by atoms with van der Waals surface area (Å²) in [4.78, 5) is 20.4. The van der Waals surface area contributed by atoms with Crippen molar-refractivity contribution in [3.63, 3.8) is 0 Å². The quantitative estimate of drug-likeness (QED) is 0.269. The molecule has 8 heteroatoms. The van der Waals surface area contributed by atoms with Gasteiger partial charge in [0.2, 0.25) is 5.91 Å².